The lowest BCUT2D eigenvalue weighted by atomic mass is 10.0. The number of rotatable bonds is 7. The van der Waals surface area contributed by atoms with Crippen LogP contribution in [0.4, 0.5) is 0 Å². The minimum atomic E-state index is -0.310. The largest absolute Gasteiger partial charge is 0.507 e. The lowest BCUT2D eigenvalue weighted by Gasteiger charge is -2.34. The van der Waals surface area contributed by atoms with Crippen molar-refractivity contribution in [1.29, 1.82) is 0 Å². The Labute approximate surface area is 284 Å². The van der Waals surface area contributed by atoms with Crippen molar-refractivity contribution in [1.82, 2.24) is 9.80 Å². The van der Waals surface area contributed by atoms with E-state index in [4.69, 9.17) is 30.2 Å². The third-order valence-corrected chi connectivity index (χ3v) is 7.91. The van der Waals surface area contributed by atoms with Gasteiger partial charge in [0.05, 0.1) is 0 Å². The molecule has 1 aromatic heterocycles. The Morgan fingerprint density at radius 3 is 2.38 bits per heavy atom. The summed E-state index contributed by atoms with van der Waals surface area (Å²) in [6.07, 6.45) is 2.24. The highest BCUT2D eigenvalue weighted by Gasteiger charge is 2.22. The lowest BCUT2D eigenvalue weighted by Crippen LogP contribution is -2.49. The molecule has 0 spiro atoms. The van der Waals surface area contributed by atoms with Gasteiger partial charge in [0.15, 0.2) is 23.5 Å². The number of piperazine rings is 1. The highest BCUT2D eigenvalue weighted by molar-refractivity contribution is 6.30. The number of hydrogen-bond acceptors (Lipinski definition) is 9. The Morgan fingerprint density at radius 2 is 1.68 bits per heavy atom. The van der Waals surface area contributed by atoms with Crippen LogP contribution in [-0.2, 0) is 17.8 Å². The van der Waals surface area contributed by atoms with Gasteiger partial charge in [-0.05, 0) is 69.2 Å². The molecule has 2 aliphatic heterocycles. The van der Waals surface area contributed by atoms with E-state index >= 15 is 0 Å². The highest BCUT2D eigenvalue weighted by Crippen LogP contribution is 2.35. The third-order valence-electron chi connectivity index (χ3n) is 7.66. The van der Waals surface area contributed by atoms with Crippen molar-refractivity contribution < 1.29 is 33.6 Å². The normalized spacial score (nSPS) is 13.7. The molecule has 2 N–H and O–H groups in total. The van der Waals surface area contributed by atoms with Gasteiger partial charge in [-0.3, -0.25) is 14.5 Å². The van der Waals surface area contributed by atoms with Crippen LogP contribution < -0.4 is 19.6 Å². The van der Waals surface area contributed by atoms with Crippen LogP contribution in [0.3, 0.4) is 0 Å². The van der Waals surface area contributed by atoms with Crippen molar-refractivity contribution >= 4 is 40.9 Å². The van der Waals surface area contributed by atoms with Crippen molar-refractivity contribution in [2.75, 3.05) is 39.6 Å². The first kappa shape index (κ1) is 35.5. The van der Waals surface area contributed by atoms with E-state index in [9.17, 15) is 19.8 Å². The SMILES string of the molecule is CC(C)=CCc1c(O)cc2oc(C)cc(=O)c2c1O.Cl.O=C(COc1ccc(Cl)cc1)N1CCN(Cc2ccc3c(c2)OCO3)CC1. The zero-order valence-corrected chi connectivity index (χ0v) is 28.0. The minimum absolute atomic E-state index is 0. The fourth-order valence-corrected chi connectivity index (χ4v) is 5.30. The number of fused-ring (bicyclic) bond motifs is 2. The Bertz CT molecular complexity index is 1790. The van der Waals surface area contributed by atoms with E-state index in [0.717, 1.165) is 36.7 Å². The molecule has 47 heavy (non-hydrogen) atoms. The molecule has 10 nitrogen and oxygen atoms in total. The van der Waals surface area contributed by atoms with Crippen LogP contribution in [0.1, 0.15) is 30.7 Å². The van der Waals surface area contributed by atoms with Crippen LogP contribution in [0.25, 0.3) is 11.0 Å². The van der Waals surface area contributed by atoms with Gasteiger partial charge in [-0.2, -0.15) is 0 Å². The van der Waals surface area contributed by atoms with E-state index in [2.05, 4.69) is 11.0 Å². The first-order valence-corrected chi connectivity index (χ1v) is 15.3. The molecule has 1 amide bonds. The van der Waals surface area contributed by atoms with Gasteiger partial charge in [-0.1, -0.05) is 29.3 Å². The quantitative estimate of drug-likeness (QED) is 0.218. The van der Waals surface area contributed by atoms with Gasteiger partial charge >= 0.3 is 0 Å². The molecule has 0 aliphatic carbocycles. The van der Waals surface area contributed by atoms with E-state index in [-0.39, 0.29) is 59.6 Å². The molecular weight excluding hydrogens is 647 g/mol. The number of aromatic hydroxyl groups is 2. The molecule has 1 fully saturated rings. The average molecular weight is 686 g/mol. The van der Waals surface area contributed by atoms with Crippen LogP contribution >= 0.6 is 24.0 Å². The van der Waals surface area contributed by atoms with Crippen molar-refractivity contribution in [3.63, 3.8) is 0 Å². The van der Waals surface area contributed by atoms with Crippen molar-refractivity contribution in [2.24, 2.45) is 0 Å². The Kier molecular flexibility index (Phi) is 12.0. The first-order chi connectivity index (χ1) is 22.1. The second-order valence-corrected chi connectivity index (χ2v) is 11.8. The summed E-state index contributed by atoms with van der Waals surface area (Å²) < 4.78 is 21.7. The van der Waals surface area contributed by atoms with Crippen LogP contribution in [0.15, 0.2) is 75.5 Å². The Morgan fingerprint density at radius 1 is 0.979 bits per heavy atom. The number of amides is 1. The minimum Gasteiger partial charge on any atom is -0.507 e. The number of aryl methyl sites for hydroxylation is 1. The molecule has 3 aromatic carbocycles. The predicted molar refractivity (Wildman–Crippen MR) is 182 cm³/mol. The van der Waals surface area contributed by atoms with E-state index in [0.29, 0.717) is 41.6 Å². The summed E-state index contributed by atoms with van der Waals surface area (Å²) in [6.45, 7) is 9.73. The zero-order chi connectivity index (χ0) is 32.8. The van der Waals surface area contributed by atoms with Crippen LogP contribution in [0, 0.1) is 6.92 Å². The number of nitrogens with zero attached hydrogens (tertiary/aromatic N) is 2. The molecule has 0 atom stereocenters. The maximum atomic E-state index is 12.4. The number of halogens is 2. The summed E-state index contributed by atoms with van der Waals surface area (Å²) in [5, 5.41) is 20.9. The van der Waals surface area contributed by atoms with Gasteiger partial charge in [0, 0.05) is 55.4 Å². The number of benzene rings is 3. The maximum absolute atomic E-state index is 12.4. The molecule has 12 heteroatoms. The van der Waals surface area contributed by atoms with E-state index in [1.807, 2.05) is 37.0 Å². The lowest BCUT2D eigenvalue weighted by molar-refractivity contribution is -0.135. The molecule has 1 saturated heterocycles. The summed E-state index contributed by atoms with van der Waals surface area (Å²) in [5.41, 5.74) is 2.47. The topological polar surface area (TPSA) is 122 Å². The number of ether oxygens (including phenoxy) is 3. The molecule has 2 aliphatic rings. The van der Waals surface area contributed by atoms with E-state index < -0.39 is 0 Å². The molecule has 3 heterocycles. The van der Waals surface area contributed by atoms with Gasteiger partial charge in [-0.25, -0.2) is 0 Å². The van der Waals surface area contributed by atoms with E-state index in [1.54, 1.807) is 31.2 Å². The fraction of sp³-hybridized carbons (Fsp3) is 0.314. The monoisotopic (exact) mass is 684 g/mol. The van der Waals surface area contributed by atoms with Crippen molar-refractivity contribution in [3.8, 4) is 28.7 Å². The highest BCUT2D eigenvalue weighted by atomic mass is 35.5. The van der Waals surface area contributed by atoms with Crippen molar-refractivity contribution in [2.45, 2.75) is 33.7 Å². The molecule has 4 aromatic rings. The molecular formula is C35H38Cl2N2O8. The summed E-state index contributed by atoms with van der Waals surface area (Å²) in [7, 11) is 0. The van der Waals surface area contributed by atoms with Crippen LogP contribution in [0.5, 0.6) is 28.7 Å². The molecule has 0 saturated carbocycles. The van der Waals surface area contributed by atoms with Crippen molar-refractivity contribution in [3.05, 3.63) is 98.4 Å². The molecule has 250 valence electrons. The number of phenolic OH excluding ortho intramolecular Hbond substituents is 2. The van der Waals surface area contributed by atoms with Crippen LogP contribution in [0.2, 0.25) is 5.02 Å². The predicted octanol–water partition coefficient (Wildman–Crippen LogP) is 6.24. The van der Waals surface area contributed by atoms with Gasteiger partial charge < -0.3 is 33.7 Å². The smallest absolute Gasteiger partial charge is 0.260 e. The number of allylic oxidation sites excluding steroid dienone is 2. The first-order valence-electron chi connectivity index (χ1n) is 15.0. The molecule has 0 radical (unpaired) electrons. The van der Waals surface area contributed by atoms with Gasteiger partial charge in [0.1, 0.15) is 34.0 Å². The van der Waals surface area contributed by atoms with Gasteiger partial charge in [-0.15, -0.1) is 12.4 Å². The number of phenols is 2. The molecule has 6 rings (SSSR count). The Balaban J connectivity index is 0.000000221. The van der Waals surface area contributed by atoms with Crippen LogP contribution in [-0.4, -0.2) is 65.5 Å². The fourth-order valence-electron chi connectivity index (χ4n) is 5.18. The standard InChI is InChI=1S/C20H21ClN2O4.C15H16O4.ClH/c21-16-2-4-17(5-3-16)25-13-20(24)23-9-7-22(8-10-23)12-15-1-6-18-19(11-15)27-14-26-18;1-8(2)4-5-10-11(16)7-13-14(15(10)18)12(17)6-9(3)19-13;/h1-6,11H,7-10,12-14H2;4,6-7,16,18H,5H2,1-3H3;1H. The summed E-state index contributed by atoms with van der Waals surface area (Å²) in [4.78, 5) is 28.5. The number of carbonyl (C=O) groups is 1. The Hall–Kier alpha value is -4.38. The zero-order valence-electron chi connectivity index (χ0n) is 26.5. The summed E-state index contributed by atoms with van der Waals surface area (Å²) >= 11 is 5.85. The average Bonchev–Trinajstić information content (AvgIpc) is 3.49. The number of carbonyl (C=O) groups excluding carboxylic acids is 1. The summed E-state index contributed by atoms with van der Waals surface area (Å²) in [6, 6.07) is 15.8. The summed E-state index contributed by atoms with van der Waals surface area (Å²) in [5.74, 6) is 2.42. The van der Waals surface area contributed by atoms with Gasteiger partial charge in [0.2, 0.25) is 6.79 Å². The second-order valence-electron chi connectivity index (χ2n) is 11.4. The van der Waals surface area contributed by atoms with Gasteiger partial charge in [0.25, 0.3) is 5.91 Å². The van der Waals surface area contributed by atoms with E-state index in [1.165, 1.54) is 17.7 Å². The number of hydrogen-bond donors (Lipinski definition) is 2. The maximum Gasteiger partial charge on any atom is 0.260 e. The molecule has 0 bridgehead atoms. The third kappa shape index (κ3) is 9.12. The molecule has 0 unspecified atom stereocenters. The second kappa shape index (κ2) is 15.9.